The summed E-state index contributed by atoms with van der Waals surface area (Å²) in [5.41, 5.74) is 4.17. The second kappa shape index (κ2) is 11.9. The summed E-state index contributed by atoms with van der Waals surface area (Å²) in [6, 6.07) is 14.2. The van der Waals surface area contributed by atoms with E-state index in [2.05, 4.69) is 33.9 Å². The summed E-state index contributed by atoms with van der Waals surface area (Å²) in [4.78, 5) is 25.4. The van der Waals surface area contributed by atoms with Crippen LogP contribution in [0.1, 0.15) is 73.9 Å². The van der Waals surface area contributed by atoms with Gasteiger partial charge in [-0.05, 0) is 93.5 Å². The standard InChI is InChI=1S/C34H41N5O4S.ClH/c1-20(2)11-27-19-43-30-15-29(31-21(3)7-5-8-22(31)4)35-33(36-30)38-44(41,42)28-10-6-9-24(12-28)32(40)39(27)26-13-25(14-26)37-34-16-23(17-34)18-34;/h5-10,12,15,20,23,25-27,37H,11,13-14,16-19H2,1-4H3,(H,35,36,38);1H/t23?,25?,26?,27-,34?;/m1./s1. The Morgan fingerprint density at radius 2 is 1.73 bits per heavy atom. The molecule has 8 rings (SSSR count). The van der Waals surface area contributed by atoms with E-state index in [-0.39, 0.29) is 53.7 Å². The van der Waals surface area contributed by atoms with Gasteiger partial charge in [0.25, 0.3) is 15.9 Å². The number of hydrogen-bond acceptors (Lipinski definition) is 7. The van der Waals surface area contributed by atoms with E-state index in [0.29, 0.717) is 28.8 Å². The third-order valence-electron chi connectivity index (χ3n) is 9.91. The molecule has 4 fully saturated rings. The second-order valence-corrected chi connectivity index (χ2v) is 15.5. The van der Waals surface area contributed by atoms with Crippen LogP contribution in [0.4, 0.5) is 5.95 Å². The van der Waals surface area contributed by atoms with Crippen molar-refractivity contribution in [2.75, 3.05) is 11.3 Å². The van der Waals surface area contributed by atoms with Gasteiger partial charge in [0.05, 0.1) is 16.6 Å². The molecule has 3 aromatic rings. The van der Waals surface area contributed by atoms with Crippen molar-refractivity contribution in [2.24, 2.45) is 11.8 Å². The summed E-state index contributed by atoms with van der Waals surface area (Å²) in [6.45, 7) is 8.53. The molecule has 45 heavy (non-hydrogen) atoms. The molecule has 1 aromatic heterocycles. The van der Waals surface area contributed by atoms with Crippen molar-refractivity contribution in [3.63, 3.8) is 0 Å². The average molecular weight is 652 g/mol. The monoisotopic (exact) mass is 651 g/mol. The van der Waals surface area contributed by atoms with Crippen LogP contribution in [-0.2, 0) is 10.0 Å². The van der Waals surface area contributed by atoms with Crippen LogP contribution in [0.2, 0.25) is 0 Å². The zero-order chi connectivity index (χ0) is 30.8. The Bertz CT molecular complexity index is 1690. The summed E-state index contributed by atoms with van der Waals surface area (Å²) in [7, 11) is -4.10. The van der Waals surface area contributed by atoms with Gasteiger partial charge in [-0.3, -0.25) is 4.79 Å². The van der Waals surface area contributed by atoms with E-state index in [1.165, 1.54) is 31.4 Å². The third kappa shape index (κ3) is 6.04. The average Bonchev–Trinajstić information content (AvgIpc) is 2.89. The Morgan fingerprint density at radius 1 is 1.04 bits per heavy atom. The maximum absolute atomic E-state index is 14.3. The number of sulfonamides is 1. The van der Waals surface area contributed by atoms with E-state index in [1.807, 2.05) is 36.9 Å². The van der Waals surface area contributed by atoms with Crippen LogP contribution in [-0.4, -0.2) is 59.5 Å². The van der Waals surface area contributed by atoms with Gasteiger partial charge in [0.1, 0.15) is 6.61 Å². The van der Waals surface area contributed by atoms with Crippen molar-refractivity contribution in [2.45, 2.75) is 94.8 Å². The number of hydrogen-bond donors (Lipinski definition) is 2. The highest BCUT2D eigenvalue weighted by Crippen LogP contribution is 2.57. The van der Waals surface area contributed by atoms with Crippen molar-refractivity contribution < 1.29 is 17.9 Å². The van der Waals surface area contributed by atoms with Gasteiger partial charge in [-0.25, -0.2) is 18.1 Å². The number of carbonyl (C=O) groups is 1. The van der Waals surface area contributed by atoms with Crippen LogP contribution in [0.15, 0.2) is 53.4 Å². The number of amides is 1. The van der Waals surface area contributed by atoms with E-state index in [4.69, 9.17) is 4.74 Å². The molecule has 0 spiro atoms. The van der Waals surface area contributed by atoms with Crippen molar-refractivity contribution in [3.05, 3.63) is 65.2 Å². The molecule has 5 aliphatic rings. The SMILES string of the molecule is Cc1cccc(C)c1-c1cc2nc(n1)NS(=O)(=O)c1cccc(c1)C(=O)N(C1CC(NC34CC(C3)C4)C1)[C@H](CC(C)C)CO2.Cl. The highest BCUT2D eigenvalue weighted by atomic mass is 35.5. The van der Waals surface area contributed by atoms with E-state index < -0.39 is 10.0 Å². The molecule has 6 bridgehead atoms. The quantitative estimate of drug-likeness (QED) is 0.341. The first-order chi connectivity index (χ1) is 21.0. The van der Waals surface area contributed by atoms with Gasteiger partial charge in [-0.1, -0.05) is 38.1 Å². The molecule has 1 atom stereocenters. The van der Waals surface area contributed by atoms with Crippen LogP contribution in [0.5, 0.6) is 5.88 Å². The Morgan fingerprint density at radius 3 is 2.38 bits per heavy atom. The molecular weight excluding hydrogens is 610 g/mol. The summed E-state index contributed by atoms with van der Waals surface area (Å²) in [6.07, 6.45) is 6.33. The summed E-state index contributed by atoms with van der Waals surface area (Å²) in [5, 5.41) is 3.89. The van der Waals surface area contributed by atoms with Crippen LogP contribution < -0.4 is 14.8 Å². The molecule has 2 N–H and O–H groups in total. The number of aromatic nitrogens is 2. The van der Waals surface area contributed by atoms with Gasteiger partial charge < -0.3 is 15.0 Å². The second-order valence-electron chi connectivity index (χ2n) is 13.8. The Kier molecular flexibility index (Phi) is 8.37. The molecule has 9 nitrogen and oxygen atoms in total. The van der Waals surface area contributed by atoms with E-state index in [0.717, 1.165) is 41.9 Å². The molecule has 11 heteroatoms. The Balaban J connectivity index is 0.00000357. The summed E-state index contributed by atoms with van der Waals surface area (Å²) < 4.78 is 36.1. The molecule has 1 amide bonds. The number of benzene rings is 2. The van der Waals surface area contributed by atoms with Crippen LogP contribution in [0, 0.1) is 25.7 Å². The van der Waals surface area contributed by atoms with Gasteiger partial charge >= 0.3 is 0 Å². The maximum atomic E-state index is 14.3. The first-order valence-electron chi connectivity index (χ1n) is 15.8. The molecule has 1 aliphatic heterocycles. The Hall–Kier alpha value is -3.21. The lowest BCUT2D eigenvalue weighted by Gasteiger charge is -2.64. The zero-order valence-corrected chi connectivity index (χ0v) is 27.9. The number of rotatable bonds is 6. The highest BCUT2D eigenvalue weighted by Gasteiger charge is 2.58. The van der Waals surface area contributed by atoms with Crippen molar-refractivity contribution in [1.82, 2.24) is 20.2 Å². The number of aryl methyl sites for hydroxylation is 2. The first-order valence-corrected chi connectivity index (χ1v) is 17.3. The summed E-state index contributed by atoms with van der Waals surface area (Å²) in [5.74, 6) is 1.24. The van der Waals surface area contributed by atoms with Gasteiger partial charge in [0.2, 0.25) is 11.8 Å². The number of anilines is 1. The van der Waals surface area contributed by atoms with Crippen molar-refractivity contribution in [3.8, 4) is 17.1 Å². The number of fused-ring (bicyclic) bond motifs is 4. The van der Waals surface area contributed by atoms with Gasteiger partial charge in [0, 0.05) is 34.8 Å². The molecule has 0 radical (unpaired) electrons. The fourth-order valence-electron chi connectivity index (χ4n) is 7.65. The highest BCUT2D eigenvalue weighted by molar-refractivity contribution is 7.92. The van der Waals surface area contributed by atoms with E-state index in [9.17, 15) is 13.2 Å². The van der Waals surface area contributed by atoms with Gasteiger partial charge in [-0.15, -0.1) is 12.4 Å². The lowest BCUT2D eigenvalue weighted by Crippen LogP contribution is -2.71. The molecule has 0 saturated heterocycles. The number of carbonyl (C=O) groups excluding carboxylic acids is 1. The van der Waals surface area contributed by atoms with Crippen LogP contribution in [0.25, 0.3) is 11.3 Å². The number of nitrogens with zero attached hydrogens (tertiary/aromatic N) is 3. The smallest absolute Gasteiger partial charge is 0.264 e. The lowest BCUT2D eigenvalue weighted by atomic mass is 9.49. The maximum Gasteiger partial charge on any atom is 0.264 e. The van der Waals surface area contributed by atoms with Crippen molar-refractivity contribution >= 4 is 34.3 Å². The normalized spacial score (nSPS) is 28.0. The number of nitrogens with one attached hydrogen (secondary N) is 2. The predicted octanol–water partition coefficient (Wildman–Crippen LogP) is 5.91. The van der Waals surface area contributed by atoms with Gasteiger partial charge in [0.15, 0.2) is 0 Å². The predicted molar refractivity (Wildman–Crippen MR) is 176 cm³/mol. The molecular formula is C34H42ClN5O4S. The molecule has 240 valence electrons. The van der Waals surface area contributed by atoms with E-state index in [1.54, 1.807) is 18.2 Å². The molecule has 2 heterocycles. The van der Waals surface area contributed by atoms with Crippen molar-refractivity contribution in [1.29, 1.82) is 0 Å². The van der Waals surface area contributed by atoms with Gasteiger partial charge in [-0.2, -0.15) is 4.98 Å². The fraction of sp³-hybridized carbons (Fsp3) is 0.500. The first kappa shape index (κ1) is 31.8. The Labute approximate surface area is 272 Å². The zero-order valence-electron chi connectivity index (χ0n) is 26.2. The van der Waals surface area contributed by atoms with Crippen LogP contribution >= 0.6 is 12.4 Å². The molecule has 4 aliphatic carbocycles. The number of halogens is 1. The minimum absolute atomic E-state index is 0. The molecule has 0 unspecified atom stereocenters. The molecule has 2 aromatic carbocycles. The van der Waals surface area contributed by atoms with E-state index >= 15 is 0 Å². The summed E-state index contributed by atoms with van der Waals surface area (Å²) >= 11 is 0. The minimum atomic E-state index is -4.10. The van der Waals surface area contributed by atoms with Crippen LogP contribution in [0.3, 0.4) is 0 Å². The lowest BCUT2D eigenvalue weighted by molar-refractivity contribution is -0.0744. The largest absolute Gasteiger partial charge is 0.475 e. The minimum Gasteiger partial charge on any atom is -0.475 e. The number of ether oxygens (including phenoxy) is 1. The fourth-order valence-corrected chi connectivity index (χ4v) is 8.64. The third-order valence-corrected chi connectivity index (χ3v) is 11.2. The topological polar surface area (TPSA) is 114 Å². The molecule has 4 saturated carbocycles.